The van der Waals surface area contributed by atoms with E-state index in [1.165, 1.54) is 44.2 Å². The normalized spacial score (nSPS) is 14.4. The molecule has 0 unspecified atom stereocenters. The Morgan fingerprint density at radius 3 is 2.39 bits per heavy atom. The van der Waals surface area contributed by atoms with Crippen LogP contribution in [0, 0.1) is 6.33 Å². The molecule has 31 heavy (non-hydrogen) atoms. The highest BCUT2D eigenvalue weighted by Crippen LogP contribution is 2.44. The second kappa shape index (κ2) is 6.31. The molecule has 1 aromatic heterocycles. The van der Waals surface area contributed by atoms with Crippen LogP contribution in [0.15, 0.2) is 78.9 Å². The molecule has 4 aromatic carbocycles. The van der Waals surface area contributed by atoms with E-state index >= 15 is 0 Å². The Balaban J connectivity index is 1.69. The van der Waals surface area contributed by atoms with E-state index in [-0.39, 0.29) is 5.41 Å². The molecule has 2 heterocycles. The number of rotatable bonds is 2. The third-order valence-electron chi connectivity index (χ3n) is 6.94. The zero-order valence-corrected chi connectivity index (χ0v) is 18.5. The molecule has 0 atom stereocenters. The predicted octanol–water partition coefficient (Wildman–Crippen LogP) is 6.62. The van der Waals surface area contributed by atoms with Crippen LogP contribution in [0.2, 0.25) is 0 Å². The number of imidazole rings is 1. The van der Waals surface area contributed by atoms with Crippen molar-refractivity contribution in [3.8, 4) is 11.4 Å². The van der Waals surface area contributed by atoms with Crippen molar-refractivity contribution >= 4 is 21.8 Å². The van der Waals surface area contributed by atoms with Crippen molar-refractivity contribution in [3.63, 3.8) is 0 Å². The summed E-state index contributed by atoms with van der Waals surface area (Å²) in [6.07, 6.45) is 3.69. The molecule has 0 radical (unpaired) electrons. The molecule has 6 rings (SSSR count). The highest BCUT2D eigenvalue weighted by atomic mass is 15.1. The molecule has 0 aliphatic carbocycles. The summed E-state index contributed by atoms with van der Waals surface area (Å²) in [4.78, 5) is 0. The van der Waals surface area contributed by atoms with Crippen molar-refractivity contribution in [3.05, 3.63) is 102 Å². The Kier molecular flexibility index (Phi) is 3.74. The zero-order valence-electron chi connectivity index (χ0n) is 18.5. The summed E-state index contributed by atoms with van der Waals surface area (Å²) in [5, 5.41) is 2.61. The zero-order chi connectivity index (χ0) is 21.3. The Morgan fingerprint density at radius 1 is 0.839 bits per heavy atom. The van der Waals surface area contributed by atoms with E-state index in [4.69, 9.17) is 0 Å². The number of para-hydroxylation sites is 1. The quantitative estimate of drug-likeness (QED) is 0.232. The maximum atomic E-state index is 3.69. The number of hydrogen-bond acceptors (Lipinski definition) is 0. The SMILES string of the molecule is CC(C)c1ccc(-n2[c-][n+]3c4c(cccc42)C(C)(C)c2c-3ccc3ccccc23)cc1. The average molecular weight is 403 g/mol. The standard InChI is InChI=1S/C29H26N2/c1-19(2)20-12-15-22(16-13-20)30-18-31-25-17-14-21-8-5-6-9-23(21)27(25)29(3,4)24-10-7-11-26(30)28(24)31/h5-17,19H,1-4H3. The minimum absolute atomic E-state index is 0.1000. The molecular weight excluding hydrogens is 376 g/mol. The first-order valence-corrected chi connectivity index (χ1v) is 11.1. The van der Waals surface area contributed by atoms with Gasteiger partial charge in [-0.2, -0.15) is 0 Å². The molecule has 5 aromatic rings. The lowest BCUT2D eigenvalue weighted by molar-refractivity contribution is -0.575. The second-order valence-corrected chi connectivity index (χ2v) is 9.50. The van der Waals surface area contributed by atoms with Gasteiger partial charge in [0.25, 0.3) is 6.33 Å². The Bertz CT molecular complexity index is 1470. The summed E-state index contributed by atoms with van der Waals surface area (Å²) in [5.41, 5.74) is 8.80. The Hall–Kier alpha value is -3.39. The van der Waals surface area contributed by atoms with Crippen LogP contribution >= 0.6 is 0 Å². The summed E-state index contributed by atoms with van der Waals surface area (Å²) in [7, 11) is 0. The highest BCUT2D eigenvalue weighted by Gasteiger charge is 2.35. The van der Waals surface area contributed by atoms with Crippen molar-refractivity contribution < 1.29 is 4.57 Å². The molecule has 0 spiro atoms. The predicted molar refractivity (Wildman–Crippen MR) is 127 cm³/mol. The van der Waals surface area contributed by atoms with Crippen LogP contribution in [0.1, 0.15) is 50.3 Å². The Labute approximate surface area is 183 Å². The lowest BCUT2D eigenvalue weighted by atomic mass is 9.73. The summed E-state index contributed by atoms with van der Waals surface area (Å²) < 4.78 is 4.48. The van der Waals surface area contributed by atoms with Gasteiger partial charge in [0, 0.05) is 5.41 Å². The molecule has 0 bridgehead atoms. The molecule has 2 nitrogen and oxygen atoms in total. The summed E-state index contributed by atoms with van der Waals surface area (Å²) in [5.74, 6) is 0.527. The number of benzene rings is 4. The van der Waals surface area contributed by atoms with E-state index in [1.54, 1.807) is 0 Å². The average Bonchev–Trinajstić information content (AvgIpc) is 3.17. The smallest absolute Gasteiger partial charge is 0.269 e. The van der Waals surface area contributed by atoms with E-state index in [0.29, 0.717) is 5.92 Å². The second-order valence-electron chi connectivity index (χ2n) is 9.50. The van der Waals surface area contributed by atoms with Crippen molar-refractivity contribution in [2.24, 2.45) is 0 Å². The molecule has 0 saturated heterocycles. The third-order valence-corrected chi connectivity index (χ3v) is 6.94. The molecule has 0 N–H and O–H groups in total. The fraction of sp³-hybridized carbons (Fsp3) is 0.207. The number of nitrogens with zero attached hydrogens (tertiary/aromatic N) is 2. The van der Waals surface area contributed by atoms with Gasteiger partial charge in [-0.3, -0.25) is 9.13 Å². The third kappa shape index (κ3) is 2.48. The topological polar surface area (TPSA) is 8.81 Å². The van der Waals surface area contributed by atoms with Gasteiger partial charge < -0.3 is 0 Å². The monoisotopic (exact) mass is 402 g/mol. The first-order chi connectivity index (χ1) is 15.0. The fourth-order valence-electron chi connectivity index (χ4n) is 5.27. The lowest BCUT2D eigenvalue weighted by Gasteiger charge is -2.35. The van der Waals surface area contributed by atoms with E-state index in [9.17, 15) is 0 Å². The van der Waals surface area contributed by atoms with Gasteiger partial charge in [-0.25, -0.2) is 0 Å². The molecular formula is C29H26N2. The van der Waals surface area contributed by atoms with Gasteiger partial charge in [0.1, 0.15) is 0 Å². The van der Waals surface area contributed by atoms with Gasteiger partial charge in [0.05, 0.1) is 22.4 Å². The molecule has 0 saturated carbocycles. The molecule has 0 fully saturated rings. The van der Waals surface area contributed by atoms with Crippen LogP contribution in [0.4, 0.5) is 0 Å². The van der Waals surface area contributed by atoms with Gasteiger partial charge in [-0.05, 0) is 51.6 Å². The van der Waals surface area contributed by atoms with Crippen LogP contribution in [0.3, 0.4) is 0 Å². The number of fused-ring (bicyclic) bond motifs is 4. The van der Waals surface area contributed by atoms with Crippen molar-refractivity contribution in [1.29, 1.82) is 0 Å². The minimum Gasteiger partial charge on any atom is -0.292 e. The van der Waals surface area contributed by atoms with E-state index in [1.807, 2.05) is 0 Å². The molecule has 152 valence electrons. The van der Waals surface area contributed by atoms with Gasteiger partial charge in [0.2, 0.25) is 0 Å². The molecule has 2 heteroatoms. The van der Waals surface area contributed by atoms with E-state index in [2.05, 4.69) is 122 Å². The largest absolute Gasteiger partial charge is 0.292 e. The summed E-state index contributed by atoms with van der Waals surface area (Å²) in [6, 6.07) is 28.8. The van der Waals surface area contributed by atoms with Crippen molar-refractivity contribution in [2.45, 2.75) is 39.0 Å². The van der Waals surface area contributed by atoms with Crippen LogP contribution in [0.5, 0.6) is 0 Å². The summed E-state index contributed by atoms with van der Waals surface area (Å²) in [6.45, 7) is 9.17. The molecule has 1 aliphatic heterocycles. The molecule has 1 aliphatic rings. The van der Waals surface area contributed by atoms with E-state index in [0.717, 1.165) is 5.69 Å². The lowest BCUT2D eigenvalue weighted by Crippen LogP contribution is -2.41. The summed E-state index contributed by atoms with van der Waals surface area (Å²) >= 11 is 0. The van der Waals surface area contributed by atoms with Crippen molar-refractivity contribution in [1.82, 2.24) is 4.57 Å². The van der Waals surface area contributed by atoms with Crippen LogP contribution in [-0.2, 0) is 5.41 Å². The highest BCUT2D eigenvalue weighted by molar-refractivity contribution is 5.92. The fourth-order valence-corrected chi connectivity index (χ4v) is 5.27. The molecule has 0 amide bonds. The van der Waals surface area contributed by atoms with Crippen LogP contribution < -0.4 is 4.57 Å². The van der Waals surface area contributed by atoms with Gasteiger partial charge >= 0.3 is 0 Å². The van der Waals surface area contributed by atoms with Gasteiger partial charge in [-0.15, -0.1) is 0 Å². The maximum Gasteiger partial charge on any atom is 0.269 e. The first-order valence-electron chi connectivity index (χ1n) is 11.1. The van der Waals surface area contributed by atoms with Crippen LogP contribution in [0.25, 0.3) is 33.2 Å². The van der Waals surface area contributed by atoms with Gasteiger partial charge in [0.15, 0.2) is 0 Å². The maximum absolute atomic E-state index is 3.69. The van der Waals surface area contributed by atoms with Crippen LogP contribution in [-0.4, -0.2) is 4.57 Å². The van der Waals surface area contributed by atoms with Gasteiger partial charge in [-0.1, -0.05) is 88.4 Å². The minimum atomic E-state index is -0.1000. The Morgan fingerprint density at radius 2 is 1.61 bits per heavy atom. The number of hydrogen-bond donors (Lipinski definition) is 0. The van der Waals surface area contributed by atoms with Crippen molar-refractivity contribution in [2.75, 3.05) is 0 Å². The van der Waals surface area contributed by atoms with E-state index < -0.39 is 0 Å². The first kappa shape index (κ1) is 18.4. The number of aromatic nitrogens is 2.